The van der Waals surface area contributed by atoms with Gasteiger partial charge in [0, 0.05) is 19.3 Å². The highest BCUT2D eigenvalue weighted by molar-refractivity contribution is 7.47. The van der Waals surface area contributed by atoms with Crippen molar-refractivity contribution in [3.8, 4) is 0 Å². The topological polar surface area (TPSA) is 231 Å². The predicted molar refractivity (Wildman–Crippen MR) is 380 cm³/mol. The van der Waals surface area contributed by atoms with Crippen molar-refractivity contribution in [1.29, 1.82) is 0 Å². The van der Waals surface area contributed by atoms with Gasteiger partial charge in [-0.1, -0.05) is 264 Å². The molecule has 5 unspecified atom stereocenters. The summed E-state index contributed by atoms with van der Waals surface area (Å²) in [5, 5.41) is 20.6. The highest BCUT2D eigenvalue weighted by atomic mass is 31.2. The Kier molecular flexibility index (Phi) is 64.5. The summed E-state index contributed by atoms with van der Waals surface area (Å²) in [6.45, 7) is 2.37. The van der Waals surface area contributed by atoms with Gasteiger partial charge in [0.25, 0.3) is 0 Å². The SMILES string of the molecule is CC/C=C\C/C=C\C/C=C\C/C=C\C/C=C\C/C=C\CCCCC(=O)OCC(O)COP(=O)(O)OCC(O)COP(=O)(O)OCC(COC(=O)CCCCCCC/C=C\C/C=C\C/C=C\C/C=C\C/C=C\CC)OC(=O)CCCCCCCCCCCCCCCCC. The van der Waals surface area contributed by atoms with Crippen LogP contribution >= 0.6 is 15.6 Å². The van der Waals surface area contributed by atoms with Crippen molar-refractivity contribution in [3.05, 3.63) is 134 Å². The Morgan fingerprint density at radius 1 is 0.312 bits per heavy atom. The molecule has 0 radical (unpaired) electrons. The van der Waals surface area contributed by atoms with Crippen molar-refractivity contribution in [2.24, 2.45) is 0 Å². The van der Waals surface area contributed by atoms with Gasteiger partial charge in [-0.3, -0.25) is 32.5 Å². The fraction of sp³-hybridized carbons (Fsp3) is 0.667. The summed E-state index contributed by atoms with van der Waals surface area (Å²) in [6.07, 6.45) is 79.2. The molecule has 0 fully saturated rings. The Morgan fingerprint density at radius 2 is 0.570 bits per heavy atom. The smallest absolute Gasteiger partial charge is 0.463 e. The largest absolute Gasteiger partial charge is 0.472 e. The second-order valence-corrected chi connectivity index (χ2v) is 26.2. The van der Waals surface area contributed by atoms with Crippen molar-refractivity contribution < 1.29 is 75.8 Å². The number of hydrogen-bond donors (Lipinski definition) is 4. The van der Waals surface area contributed by atoms with Crippen LogP contribution in [-0.4, -0.2) is 95.9 Å². The van der Waals surface area contributed by atoms with Gasteiger partial charge in [0.05, 0.1) is 26.4 Å². The summed E-state index contributed by atoms with van der Waals surface area (Å²) in [5.74, 6) is -1.64. The number of ether oxygens (including phenoxy) is 3. The van der Waals surface area contributed by atoms with Crippen LogP contribution in [0, 0.1) is 0 Å². The summed E-state index contributed by atoms with van der Waals surface area (Å²) >= 11 is 0. The third-order valence-electron chi connectivity index (χ3n) is 14.4. The van der Waals surface area contributed by atoms with Gasteiger partial charge in [0.15, 0.2) is 6.10 Å². The average Bonchev–Trinajstić information content (AvgIpc) is 3.71. The van der Waals surface area contributed by atoms with Gasteiger partial charge in [0.2, 0.25) is 0 Å². The van der Waals surface area contributed by atoms with E-state index in [9.17, 15) is 43.5 Å². The molecule has 0 saturated carbocycles. The second kappa shape index (κ2) is 67.7. The van der Waals surface area contributed by atoms with Crippen molar-refractivity contribution in [3.63, 3.8) is 0 Å². The Morgan fingerprint density at radius 3 is 0.925 bits per heavy atom. The monoisotopic (exact) mass is 1340 g/mol. The first-order valence-corrected chi connectivity index (χ1v) is 38.5. The zero-order valence-corrected chi connectivity index (χ0v) is 59.4. The summed E-state index contributed by atoms with van der Waals surface area (Å²) in [6, 6.07) is 0. The third kappa shape index (κ3) is 68.9. The molecular formula is C75H126O16P2. The molecule has 0 spiro atoms. The van der Waals surface area contributed by atoms with Crippen LogP contribution in [0.4, 0.5) is 0 Å². The van der Waals surface area contributed by atoms with Crippen LogP contribution in [0.5, 0.6) is 0 Å². The maximum absolute atomic E-state index is 12.9. The first-order chi connectivity index (χ1) is 45.2. The molecule has 0 aromatic rings. The molecule has 4 N–H and O–H groups in total. The van der Waals surface area contributed by atoms with E-state index in [1.807, 2.05) is 0 Å². The molecule has 0 amide bonds. The van der Waals surface area contributed by atoms with Gasteiger partial charge < -0.3 is 34.2 Å². The van der Waals surface area contributed by atoms with Crippen LogP contribution in [0.25, 0.3) is 0 Å². The van der Waals surface area contributed by atoms with E-state index in [0.717, 1.165) is 141 Å². The van der Waals surface area contributed by atoms with E-state index in [-0.39, 0.29) is 19.3 Å². The molecule has 0 aliphatic heterocycles. The zero-order valence-electron chi connectivity index (χ0n) is 57.6. The summed E-state index contributed by atoms with van der Waals surface area (Å²) < 4.78 is 60.9. The van der Waals surface area contributed by atoms with Crippen LogP contribution in [0.15, 0.2) is 134 Å². The number of carbonyl (C=O) groups excluding carboxylic acids is 3. The minimum absolute atomic E-state index is 0.0986. The quantitative estimate of drug-likeness (QED) is 0.0146. The van der Waals surface area contributed by atoms with E-state index in [1.54, 1.807) is 0 Å². The fourth-order valence-electron chi connectivity index (χ4n) is 9.01. The van der Waals surface area contributed by atoms with E-state index in [1.165, 1.54) is 64.2 Å². The Labute approximate surface area is 563 Å². The average molecular weight is 1350 g/mol. The molecule has 0 rings (SSSR count). The standard InChI is InChI=1S/C75H126O16P2/c1-4-7-10-13-16-19-22-25-28-30-32-34-36-38-41-43-46-49-52-55-58-61-73(78)85-64-70(76)65-87-92(81,82)88-66-71(77)67-89-93(83,84)90-69-72(91-75(80)63-60-57-54-51-48-45-40-27-24-21-18-15-12-9-6-3)68-86-74(79)62-59-56-53-50-47-44-42-39-37-35-33-31-29-26-23-20-17-14-11-8-5-2/h7-8,10-11,16-17,19-20,25-26,28-29,32-35,38-39,41-42,46,49,70-72,76-77H,4-6,9,12-15,18,21-24,27,30-31,36-37,40,43-45,47-48,50-69H2,1-3H3,(H,81,82)(H,83,84)/b10-7-,11-8-,19-16-,20-17-,28-25-,29-26-,34-32-,35-33-,41-38-,42-39-,49-46-. The van der Waals surface area contributed by atoms with Gasteiger partial charge in [-0.25, -0.2) is 9.13 Å². The molecule has 93 heavy (non-hydrogen) atoms. The van der Waals surface area contributed by atoms with Gasteiger partial charge >= 0.3 is 33.6 Å². The Bertz CT molecular complexity index is 2230. The van der Waals surface area contributed by atoms with Crippen LogP contribution < -0.4 is 0 Å². The molecule has 0 aromatic carbocycles. The number of hydrogen-bond acceptors (Lipinski definition) is 14. The fourth-order valence-corrected chi connectivity index (χ4v) is 10.6. The second-order valence-electron chi connectivity index (χ2n) is 23.3. The molecule has 5 atom stereocenters. The van der Waals surface area contributed by atoms with Crippen molar-refractivity contribution in [2.45, 2.75) is 283 Å². The number of carbonyl (C=O) groups is 3. The molecule has 18 heteroatoms. The summed E-state index contributed by atoms with van der Waals surface area (Å²) in [5.41, 5.74) is 0. The maximum atomic E-state index is 12.9. The highest BCUT2D eigenvalue weighted by Crippen LogP contribution is 2.45. The number of phosphoric acid groups is 2. The molecule has 0 aromatic heterocycles. The van der Waals surface area contributed by atoms with Crippen LogP contribution in [0.3, 0.4) is 0 Å². The number of esters is 3. The van der Waals surface area contributed by atoms with E-state index in [2.05, 4.69) is 154 Å². The zero-order chi connectivity index (χ0) is 68.1. The minimum atomic E-state index is -4.94. The van der Waals surface area contributed by atoms with Crippen molar-refractivity contribution in [1.82, 2.24) is 0 Å². The Balaban J connectivity index is 4.73. The van der Waals surface area contributed by atoms with E-state index in [4.69, 9.17) is 32.3 Å². The van der Waals surface area contributed by atoms with E-state index < -0.39 is 91.5 Å². The normalized spacial score (nSPS) is 15.0. The molecule has 16 nitrogen and oxygen atoms in total. The lowest BCUT2D eigenvalue weighted by Gasteiger charge is -2.21. The maximum Gasteiger partial charge on any atom is 0.472 e. The summed E-state index contributed by atoms with van der Waals surface area (Å²) in [4.78, 5) is 58.5. The van der Waals surface area contributed by atoms with E-state index in [0.29, 0.717) is 19.3 Å². The molecule has 0 aliphatic carbocycles. The van der Waals surface area contributed by atoms with Crippen LogP contribution in [0.1, 0.15) is 265 Å². The van der Waals surface area contributed by atoms with Gasteiger partial charge in [-0.15, -0.1) is 0 Å². The third-order valence-corrected chi connectivity index (χ3v) is 16.3. The van der Waals surface area contributed by atoms with Gasteiger partial charge in [-0.2, -0.15) is 0 Å². The predicted octanol–water partition coefficient (Wildman–Crippen LogP) is 20.0. The molecule has 0 aliphatic rings. The lowest BCUT2D eigenvalue weighted by atomic mass is 10.0. The molecule has 0 bridgehead atoms. The highest BCUT2D eigenvalue weighted by Gasteiger charge is 2.29. The Hall–Kier alpha value is -4.31. The minimum Gasteiger partial charge on any atom is -0.463 e. The van der Waals surface area contributed by atoms with E-state index >= 15 is 0 Å². The van der Waals surface area contributed by atoms with Crippen molar-refractivity contribution >= 4 is 33.6 Å². The van der Waals surface area contributed by atoms with Gasteiger partial charge in [-0.05, 0) is 116 Å². The number of aliphatic hydroxyl groups excluding tert-OH is 2. The number of allylic oxidation sites excluding steroid dienone is 22. The first kappa shape index (κ1) is 88.7. The molecule has 0 heterocycles. The number of rotatable bonds is 66. The first-order valence-electron chi connectivity index (χ1n) is 35.5. The lowest BCUT2D eigenvalue weighted by Crippen LogP contribution is -2.30. The summed E-state index contributed by atoms with van der Waals surface area (Å²) in [7, 11) is -9.80. The molecule has 0 saturated heterocycles. The number of unbranched alkanes of at least 4 members (excludes halogenated alkanes) is 21. The van der Waals surface area contributed by atoms with Crippen LogP contribution in [-0.2, 0) is 55.8 Å². The van der Waals surface area contributed by atoms with Crippen LogP contribution in [0.2, 0.25) is 0 Å². The molecule has 532 valence electrons. The number of phosphoric ester groups is 2. The lowest BCUT2D eigenvalue weighted by molar-refractivity contribution is -0.161. The van der Waals surface area contributed by atoms with Gasteiger partial charge in [0.1, 0.15) is 25.4 Å². The number of aliphatic hydroxyl groups is 2. The van der Waals surface area contributed by atoms with Crippen molar-refractivity contribution in [2.75, 3.05) is 39.6 Å². The molecular weight excluding hydrogens is 1220 g/mol.